The fourth-order valence-electron chi connectivity index (χ4n) is 2.05. The highest BCUT2D eigenvalue weighted by atomic mass is 35.5. The van der Waals surface area contributed by atoms with Gasteiger partial charge in [0.15, 0.2) is 0 Å². The molecule has 0 unspecified atom stereocenters. The van der Waals surface area contributed by atoms with Crippen LogP contribution >= 0.6 is 23.4 Å². The molecule has 2 aromatic carbocycles. The van der Waals surface area contributed by atoms with E-state index < -0.39 is 0 Å². The van der Waals surface area contributed by atoms with Gasteiger partial charge in [0.05, 0.1) is 0 Å². The quantitative estimate of drug-likeness (QED) is 0.658. The Balaban J connectivity index is 2.08. The second-order valence-electron chi connectivity index (χ2n) is 3.99. The number of hydrogen-bond donors (Lipinski definition) is 0. The summed E-state index contributed by atoms with van der Waals surface area (Å²) >= 11 is 7.93. The summed E-state index contributed by atoms with van der Waals surface area (Å²) in [7, 11) is 0. The van der Waals surface area contributed by atoms with Crippen molar-refractivity contribution in [3.8, 4) is 0 Å². The van der Waals surface area contributed by atoms with Crippen LogP contribution in [-0.4, -0.2) is 0 Å². The standard InChI is InChI=1S/C14H11ClS/c15-13-6-5-10-7-11-3-1-2-4-14(11)16-9-12(10)8-13/h1-6,8H,7,9H2. The SMILES string of the molecule is Clc1ccc2c(c1)CSc1ccccc1C2. The van der Waals surface area contributed by atoms with Gasteiger partial charge in [0.1, 0.15) is 0 Å². The Morgan fingerprint density at radius 1 is 0.938 bits per heavy atom. The predicted molar refractivity (Wildman–Crippen MR) is 70.3 cm³/mol. The van der Waals surface area contributed by atoms with E-state index in [2.05, 4.69) is 36.4 Å². The molecule has 2 heteroatoms. The number of benzene rings is 2. The van der Waals surface area contributed by atoms with Crippen LogP contribution in [-0.2, 0) is 12.2 Å². The molecule has 0 N–H and O–H groups in total. The van der Waals surface area contributed by atoms with Gasteiger partial charge in [-0.15, -0.1) is 11.8 Å². The largest absolute Gasteiger partial charge is 0.121 e. The maximum absolute atomic E-state index is 6.03. The average molecular weight is 247 g/mol. The molecule has 0 amide bonds. The summed E-state index contributed by atoms with van der Waals surface area (Å²) in [5.41, 5.74) is 4.20. The Hall–Kier alpha value is -0.920. The van der Waals surface area contributed by atoms with Gasteiger partial charge in [-0.05, 0) is 41.3 Å². The van der Waals surface area contributed by atoms with Gasteiger partial charge in [-0.1, -0.05) is 35.9 Å². The van der Waals surface area contributed by atoms with Crippen LogP contribution in [0.25, 0.3) is 0 Å². The van der Waals surface area contributed by atoms with Gasteiger partial charge >= 0.3 is 0 Å². The molecule has 80 valence electrons. The molecule has 0 fully saturated rings. The number of thioether (sulfide) groups is 1. The molecule has 0 spiro atoms. The van der Waals surface area contributed by atoms with Crippen molar-refractivity contribution >= 4 is 23.4 Å². The van der Waals surface area contributed by atoms with Crippen molar-refractivity contribution in [2.75, 3.05) is 0 Å². The Morgan fingerprint density at radius 2 is 1.81 bits per heavy atom. The molecular formula is C14H11ClS. The lowest BCUT2D eigenvalue weighted by Crippen LogP contribution is -1.91. The first-order chi connectivity index (χ1) is 7.83. The third-order valence-electron chi connectivity index (χ3n) is 2.90. The van der Waals surface area contributed by atoms with Crippen LogP contribution in [0.3, 0.4) is 0 Å². The van der Waals surface area contributed by atoms with Crippen LogP contribution in [0.4, 0.5) is 0 Å². The summed E-state index contributed by atoms with van der Waals surface area (Å²) in [6.07, 6.45) is 1.02. The van der Waals surface area contributed by atoms with Gasteiger partial charge < -0.3 is 0 Å². The fourth-order valence-corrected chi connectivity index (χ4v) is 3.33. The summed E-state index contributed by atoms with van der Waals surface area (Å²) in [5, 5.41) is 0.838. The fraction of sp³-hybridized carbons (Fsp3) is 0.143. The maximum Gasteiger partial charge on any atom is 0.0409 e. The Morgan fingerprint density at radius 3 is 2.75 bits per heavy atom. The van der Waals surface area contributed by atoms with Crippen molar-refractivity contribution < 1.29 is 0 Å². The topological polar surface area (TPSA) is 0 Å². The Kier molecular flexibility index (Phi) is 2.66. The lowest BCUT2D eigenvalue weighted by Gasteiger charge is -2.05. The first-order valence-electron chi connectivity index (χ1n) is 5.31. The van der Waals surface area contributed by atoms with Crippen molar-refractivity contribution in [2.24, 2.45) is 0 Å². The summed E-state index contributed by atoms with van der Waals surface area (Å²) in [4.78, 5) is 1.40. The molecular weight excluding hydrogens is 236 g/mol. The number of rotatable bonds is 0. The Bertz CT molecular complexity index is 534. The van der Waals surface area contributed by atoms with E-state index in [9.17, 15) is 0 Å². The lowest BCUT2D eigenvalue weighted by atomic mass is 10.0. The van der Waals surface area contributed by atoms with Gasteiger partial charge in [-0.2, -0.15) is 0 Å². The second-order valence-corrected chi connectivity index (χ2v) is 5.44. The molecule has 0 atom stereocenters. The first kappa shape index (κ1) is 10.2. The van der Waals surface area contributed by atoms with Gasteiger partial charge in [-0.25, -0.2) is 0 Å². The molecule has 1 aliphatic rings. The molecule has 0 aliphatic carbocycles. The molecule has 0 bridgehead atoms. The van der Waals surface area contributed by atoms with E-state index in [1.54, 1.807) is 0 Å². The zero-order chi connectivity index (χ0) is 11.0. The average Bonchev–Trinajstić information content (AvgIpc) is 2.48. The molecule has 0 nitrogen and oxygen atoms in total. The van der Waals surface area contributed by atoms with Crippen LogP contribution in [0.1, 0.15) is 16.7 Å². The first-order valence-corrected chi connectivity index (χ1v) is 6.67. The highest BCUT2D eigenvalue weighted by Crippen LogP contribution is 2.34. The minimum atomic E-state index is 0.838. The highest BCUT2D eigenvalue weighted by molar-refractivity contribution is 7.98. The number of hydrogen-bond acceptors (Lipinski definition) is 1. The van der Waals surface area contributed by atoms with E-state index >= 15 is 0 Å². The molecule has 16 heavy (non-hydrogen) atoms. The monoisotopic (exact) mass is 246 g/mol. The van der Waals surface area contributed by atoms with Crippen molar-refractivity contribution in [1.82, 2.24) is 0 Å². The third kappa shape index (κ3) is 1.85. The Labute approximate surface area is 105 Å². The molecule has 1 heterocycles. The van der Waals surface area contributed by atoms with Crippen molar-refractivity contribution in [1.29, 1.82) is 0 Å². The molecule has 0 aromatic heterocycles. The van der Waals surface area contributed by atoms with E-state index in [1.807, 2.05) is 17.8 Å². The summed E-state index contributed by atoms with van der Waals surface area (Å²) in [6.45, 7) is 0. The van der Waals surface area contributed by atoms with Crippen molar-refractivity contribution in [3.63, 3.8) is 0 Å². The third-order valence-corrected chi connectivity index (χ3v) is 4.30. The van der Waals surface area contributed by atoms with Gasteiger partial charge in [0.2, 0.25) is 0 Å². The van der Waals surface area contributed by atoms with Crippen LogP contribution in [0.2, 0.25) is 5.02 Å². The van der Waals surface area contributed by atoms with Crippen molar-refractivity contribution in [3.05, 3.63) is 64.2 Å². The van der Waals surface area contributed by atoms with Crippen LogP contribution in [0.15, 0.2) is 47.4 Å². The maximum atomic E-state index is 6.03. The number of halogens is 1. The number of fused-ring (bicyclic) bond motifs is 2. The molecule has 3 rings (SSSR count). The van der Waals surface area contributed by atoms with E-state index in [1.165, 1.54) is 21.6 Å². The van der Waals surface area contributed by atoms with E-state index in [0.29, 0.717) is 0 Å². The summed E-state index contributed by atoms with van der Waals surface area (Å²) in [6, 6.07) is 14.9. The van der Waals surface area contributed by atoms with Crippen LogP contribution in [0.5, 0.6) is 0 Å². The normalized spacial score (nSPS) is 13.8. The van der Waals surface area contributed by atoms with Gasteiger partial charge in [0, 0.05) is 15.7 Å². The van der Waals surface area contributed by atoms with E-state index in [-0.39, 0.29) is 0 Å². The second kappa shape index (κ2) is 4.15. The zero-order valence-electron chi connectivity index (χ0n) is 8.74. The van der Waals surface area contributed by atoms with Crippen molar-refractivity contribution in [2.45, 2.75) is 17.1 Å². The minimum Gasteiger partial charge on any atom is -0.121 e. The van der Waals surface area contributed by atoms with Gasteiger partial charge in [0.25, 0.3) is 0 Å². The van der Waals surface area contributed by atoms with E-state index in [0.717, 1.165) is 17.2 Å². The van der Waals surface area contributed by atoms with Crippen LogP contribution in [0, 0.1) is 0 Å². The molecule has 0 saturated carbocycles. The molecule has 0 saturated heterocycles. The predicted octanol–water partition coefficient (Wildman–Crippen LogP) is 4.54. The lowest BCUT2D eigenvalue weighted by molar-refractivity contribution is 1.12. The molecule has 1 aliphatic heterocycles. The van der Waals surface area contributed by atoms with Crippen LogP contribution < -0.4 is 0 Å². The zero-order valence-corrected chi connectivity index (χ0v) is 10.3. The minimum absolute atomic E-state index is 0.838. The highest BCUT2D eigenvalue weighted by Gasteiger charge is 2.12. The smallest absolute Gasteiger partial charge is 0.0409 e. The van der Waals surface area contributed by atoms with E-state index in [4.69, 9.17) is 11.6 Å². The van der Waals surface area contributed by atoms with Gasteiger partial charge in [-0.3, -0.25) is 0 Å². The molecule has 0 radical (unpaired) electrons. The molecule has 2 aromatic rings. The summed E-state index contributed by atoms with van der Waals surface area (Å²) in [5.74, 6) is 1.02. The summed E-state index contributed by atoms with van der Waals surface area (Å²) < 4.78 is 0.